The molecule has 1 spiro atoms. The van der Waals surface area contributed by atoms with Gasteiger partial charge in [0.2, 0.25) is 0 Å². The van der Waals surface area contributed by atoms with Gasteiger partial charge in [-0.2, -0.15) is 0 Å². The van der Waals surface area contributed by atoms with Gasteiger partial charge in [-0.1, -0.05) is 0 Å². The van der Waals surface area contributed by atoms with E-state index in [-0.39, 0.29) is 25.9 Å². The van der Waals surface area contributed by atoms with Crippen LogP contribution in [0.5, 0.6) is 0 Å². The first-order chi connectivity index (χ1) is 7.71. The van der Waals surface area contributed by atoms with Crippen LogP contribution in [0.25, 0.3) is 0 Å². The summed E-state index contributed by atoms with van der Waals surface area (Å²) in [4.78, 5) is 22.7. The molecule has 1 aliphatic heterocycles. The minimum Gasteiger partial charge on any atom is -0.481 e. The molecule has 1 aliphatic carbocycles. The molecule has 2 rings (SSSR count). The molecule has 1 amide bonds. The second kappa shape index (κ2) is 3.08. The van der Waals surface area contributed by atoms with Crippen molar-refractivity contribution in [1.29, 1.82) is 0 Å². The maximum Gasteiger partial charge on any atom is 0.407 e. The number of hydrogen-bond acceptors (Lipinski definition) is 2. The average Bonchev–Trinajstić information content (AvgIpc) is 2.61. The van der Waals surface area contributed by atoms with Crippen LogP contribution in [0, 0.1) is 10.8 Å². The van der Waals surface area contributed by atoms with Gasteiger partial charge in [0, 0.05) is 13.1 Å². The van der Waals surface area contributed by atoms with Crippen molar-refractivity contribution in [2.24, 2.45) is 10.8 Å². The Labute approximate surface area is 96.0 Å². The topological polar surface area (TPSA) is 77.8 Å². The number of carboxylic acid groups (broad SMARTS) is 2. The fourth-order valence-electron chi connectivity index (χ4n) is 3.00. The Morgan fingerprint density at radius 3 is 1.94 bits per heavy atom. The van der Waals surface area contributed by atoms with Gasteiger partial charge in [-0.25, -0.2) is 13.6 Å². The summed E-state index contributed by atoms with van der Waals surface area (Å²) in [5.74, 6) is -4.76. The molecule has 2 fully saturated rings. The largest absolute Gasteiger partial charge is 0.481 e. The predicted octanol–water partition coefficient (Wildman–Crippen LogP) is 1.49. The van der Waals surface area contributed by atoms with Gasteiger partial charge in [-0.15, -0.1) is 0 Å². The second-order valence-electron chi connectivity index (χ2n) is 4.86. The van der Waals surface area contributed by atoms with E-state index in [0.717, 1.165) is 11.8 Å². The van der Waals surface area contributed by atoms with Crippen molar-refractivity contribution in [3.05, 3.63) is 0 Å². The average molecular weight is 249 g/mol. The lowest BCUT2D eigenvalue weighted by molar-refractivity contribution is -0.147. The first-order valence-corrected chi connectivity index (χ1v) is 5.30. The Bertz CT molecular complexity index is 390. The summed E-state index contributed by atoms with van der Waals surface area (Å²) in [6.45, 7) is 0.980. The van der Waals surface area contributed by atoms with Gasteiger partial charge in [0.15, 0.2) is 0 Å². The van der Waals surface area contributed by atoms with E-state index in [1.807, 2.05) is 0 Å². The molecule has 96 valence electrons. The molecule has 0 aromatic carbocycles. The molecule has 2 aliphatic rings. The molecule has 7 heteroatoms. The number of hydrogen-bond donors (Lipinski definition) is 2. The minimum absolute atomic E-state index is 0.0339. The summed E-state index contributed by atoms with van der Waals surface area (Å²) in [6.07, 6.45) is -1.36. The molecule has 1 saturated heterocycles. The zero-order valence-corrected chi connectivity index (χ0v) is 9.24. The third kappa shape index (κ3) is 1.11. The highest BCUT2D eigenvalue weighted by atomic mass is 19.3. The molecular weight excluding hydrogens is 236 g/mol. The fourth-order valence-corrected chi connectivity index (χ4v) is 3.00. The van der Waals surface area contributed by atoms with E-state index >= 15 is 0 Å². The van der Waals surface area contributed by atoms with Crippen LogP contribution in [0.1, 0.15) is 19.8 Å². The van der Waals surface area contributed by atoms with Crippen molar-refractivity contribution < 1.29 is 28.6 Å². The number of aliphatic carboxylic acids is 1. The zero-order valence-electron chi connectivity index (χ0n) is 9.24. The van der Waals surface area contributed by atoms with E-state index in [0.29, 0.717) is 0 Å². The molecule has 1 saturated carbocycles. The highest BCUT2D eigenvalue weighted by molar-refractivity contribution is 5.83. The lowest BCUT2D eigenvalue weighted by Gasteiger charge is -2.31. The number of carbonyl (C=O) groups is 2. The Morgan fingerprint density at radius 1 is 1.18 bits per heavy atom. The smallest absolute Gasteiger partial charge is 0.407 e. The summed E-state index contributed by atoms with van der Waals surface area (Å²) < 4.78 is 27.5. The lowest BCUT2D eigenvalue weighted by Crippen LogP contribution is -2.40. The number of amides is 1. The van der Waals surface area contributed by atoms with Crippen LogP contribution in [-0.4, -0.2) is 46.2 Å². The first kappa shape index (κ1) is 12.1. The molecule has 1 atom stereocenters. The van der Waals surface area contributed by atoms with E-state index < -0.39 is 28.8 Å². The van der Waals surface area contributed by atoms with Gasteiger partial charge >= 0.3 is 12.1 Å². The summed E-state index contributed by atoms with van der Waals surface area (Å²) in [5.41, 5.74) is -3.62. The fraction of sp³-hybridized carbons (Fsp3) is 0.800. The van der Waals surface area contributed by atoms with Crippen LogP contribution in [-0.2, 0) is 4.79 Å². The van der Waals surface area contributed by atoms with Crippen LogP contribution in [0.15, 0.2) is 0 Å². The van der Waals surface area contributed by atoms with E-state index in [2.05, 4.69) is 0 Å². The van der Waals surface area contributed by atoms with Crippen molar-refractivity contribution in [2.45, 2.75) is 25.7 Å². The quantitative estimate of drug-likeness (QED) is 0.738. The summed E-state index contributed by atoms with van der Waals surface area (Å²) in [5, 5.41) is 17.7. The van der Waals surface area contributed by atoms with E-state index in [1.54, 1.807) is 0 Å². The number of rotatable bonds is 1. The molecule has 0 radical (unpaired) electrons. The summed E-state index contributed by atoms with van der Waals surface area (Å²) in [6, 6.07) is 0. The summed E-state index contributed by atoms with van der Waals surface area (Å²) >= 11 is 0. The van der Waals surface area contributed by atoms with Gasteiger partial charge in [-0.3, -0.25) is 4.79 Å². The number of nitrogens with zero attached hydrogens (tertiary/aromatic N) is 1. The van der Waals surface area contributed by atoms with Gasteiger partial charge in [0.05, 0.1) is 5.41 Å². The Balaban J connectivity index is 2.20. The number of alkyl halides is 2. The Kier molecular flexibility index (Phi) is 2.19. The van der Waals surface area contributed by atoms with Crippen LogP contribution < -0.4 is 0 Å². The zero-order chi connectivity index (χ0) is 13.1. The SMILES string of the molecule is CC1(C(=O)O)C(F)(F)C12CCN(C(=O)O)CC2. The maximum atomic E-state index is 13.8. The number of likely N-dealkylation sites (tertiary alicyclic amines) is 1. The van der Waals surface area contributed by atoms with E-state index in [4.69, 9.17) is 10.2 Å². The first-order valence-electron chi connectivity index (χ1n) is 5.30. The predicted molar refractivity (Wildman–Crippen MR) is 52.0 cm³/mol. The van der Waals surface area contributed by atoms with Crippen molar-refractivity contribution in [2.75, 3.05) is 13.1 Å². The van der Waals surface area contributed by atoms with Crippen LogP contribution in [0.2, 0.25) is 0 Å². The van der Waals surface area contributed by atoms with Crippen LogP contribution in [0.4, 0.5) is 13.6 Å². The van der Waals surface area contributed by atoms with E-state index in [1.165, 1.54) is 0 Å². The normalized spacial score (nSPS) is 33.5. The highest BCUT2D eigenvalue weighted by Gasteiger charge is 2.92. The lowest BCUT2D eigenvalue weighted by atomic mass is 9.85. The highest BCUT2D eigenvalue weighted by Crippen LogP contribution is 2.79. The van der Waals surface area contributed by atoms with Gasteiger partial charge in [0.1, 0.15) is 5.41 Å². The molecule has 5 nitrogen and oxygen atoms in total. The molecule has 2 N–H and O–H groups in total. The number of carboxylic acids is 1. The van der Waals surface area contributed by atoms with Gasteiger partial charge in [0.25, 0.3) is 5.92 Å². The van der Waals surface area contributed by atoms with E-state index in [9.17, 15) is 18.4 Å². The number of halogens is 2. The molecular formula is C10H13F2NO4. The molecule has 0 aromatic heterocycles. The van der Waals surface area contributed by atoms with Crippen molar-refractivity contribution in [1.82, 2.24) is 4.90 Å². The monoisotopic (exact) mass is 249 g/mol. The molecule has 17 heavy (non-hydrogen) atoms. The minimum atomic E-state index is -3.25. The number of piperidine rings is 1. The molecule has 0 bridgehead atoms. The summed E-state index contributed by atoms with van der Waals surface area (Å²) in [7, 11) is 0. The third-order valence-electron chi connectivity index (χ3n) is 4.44. The van der Waals surface area contributed by atoms with Crippen LogP contribution in [0.3, 0.4) is 0 Å². The Hall–Kier alpha value is -1.40. The molecule has 1 heterocycles. The molecule has 0 aromatic rings. The Morgan fingerprint density at radius 2 is 1.65 bits per heavy atom. The second-order valence-corrected chi connectivity index (χ2v) is 4.86. The van der Waals surface area contributed by atoms with Crippen molar-refractivity contribution in [3.63, 3.8) is 0 Å². The standard InChI is InChI=1S/C10H13F2NO4/c1-8(6(14)15)9(10(8,11)12)2-4-13(5-3-9)7(16)17/h2-5H2,1H3,(H,14,15)(H,16,17). The third-order valence-corrected chi connectivity index (χ3v) is 4.44. The van der Waals surface area contributed by atoms with Crippen molar-refractivity contribution >= 4 is 12.1 Å². The van der Waals surface area contributed by atoms with Crippen molar-refractivity contribution in [3.8, 4) is 0 Å². The maximum absolute atomic E-state index is 13.8. The van der Waals surface area contributed by atoms with Gasteiger partial charge in [-0.05, 0) is 19.8 Å². The molecule has 1 unspecified atom stereocenters. The van der Waals surface area contributed by atoms with Crippen LogP contribution >= 0.6 is 0 Å². The van der Waals surface area contributed by atoms with Gasteiger partial charge < -0.3 is 15.1 Å².